The van der Waals surface area contributed by atoms with E-state index in [2.05, 4.69) is 10.4 Å². The fourth-order valence-corrected chi connectivity index (χ4v) is 4.24. The third kappa shape index (κ3) is 4.62. The van der Waals surface area contributed by atoms with Crippen LogP contribution in [0.4, 0.5) is 11.5 Å². The van der Waals surface area contributed by atoms with Gasteiger partial charge in [0.2, 0.25) is 0 Å². The topological polar surface area (TPSA) is 137 Å². The molecule has 1 amide bonds. The van der Waals surface area contributed by atoms with E-state index < -0.39 is 20.9 Å². The molecule has 0 fully saturated rings. The van der Waals surface area contributed by atoms with Gasteiger partial charge >= 0.3 is 0 Å². The molecule has 1 heterocycles. The van der Waals surface area contributed by atoms with E-state index in [1.165, 1.54) is 55.2 Å². The summed E-state index contributed by atoms with van der Waals surface area (Å²) in [6.07, 6.45) is 0. The van der Waals surface area contributed by atoms with Crippen LogP contribution in [0.2, 0.25) is 5.02 Å². The highest BCUT2D eigenvalue weighted by Gasteiger charge is 2.25. The van der Waals surface area contributed by atoms with Crippen LogP contribution in [-0.2, 0) is 14.9 Å². The predicted molar refractivity (Wildman–Crippen MR) is 116 cm³/mol. The van der Waals surface area contributed by atoms with Crippen molar-refractivity contribution in [3.8, 4) is 5.69 Å². The zero-order valence-electron chi connectivity index (χ0n) is 17.1. The molecule has 0 bridgehead atoms. The number of aromatic nitrogens is 2. The summed E-state index contributed by atoms with van der Waals surface area (Å²) >= 11 is 6.04. The van der Waals surface area contributed by atoms with Crippen LogP contribution in [0, 0.1) is 17.0 Å². The first-order valence-electron chi connectivity index (χ1n) is 9.00. The van der Waals surface area contributed by atoms with E-state index in [1.807, 2.05) is 0 Å². The molecule has 0 aliphatic heterocycles. The van der Waals surface area contributed by atoms with E-state index in [1.54, 1.807) is 13.0 Å². The molecule has 0 radical (unpaired) electrons. The van der Waals surface area contributed by atoms with Gasteiger partial charge in [-0.1, -0.05) is 16.1 Å². The van der Waals surface area contributed by atoms with E-state index in [4.69, 9.17) is 16.4 Å². The normalized spacial score (nSPS) is 11.5. The highest BCUT2D eigenvalue weighted by Crippen LogP contribution is 2.26. The number of sulfonamides is 1. The quantitative estimate of drug-likeness (QED) is 0.405. The number of aryl methyl sites for hydroxylation is 1. The van der Waals surface area contributed by atoms with E-state index in [0.29, 0.717) is 15.8 Å². The molecule has 0 unspecified atom stereocenters. The number of hydrogen-bond acceptors (Lipinski definition) is 7. The van der Waals surface area contributed by atoms with Crippen LogP contribution in [-0.4, -0.2) is 47.7 Å². The number of hydroxylamine groups is 1. The maximum Gasteiger partial charge on any atom is 0.269 e. The number of amides is 1. The number of carbonyl (C=O) groups excluding carboxylic acids is 1. The summed E-state index contributed by atoms with van der Waals surface area (Å²) < 4.78 is 27.1. The van der Waals surface area contributed by atoms with Gasteiger partial charge in [0.1, 0.15) is 10.7 Å². The molecule has 11 nitrogen and oxygen atoms in total. The number of nitro groups is 1. The Morgan fingerprint density at radius 2 is 1.88 bits per heavy atom. The fraction of sp³-hybridized carbons (Fsp3) is 0.158. The molecule has 0 saturated heterocycles. The number of rotatable bonds is 7. The van der Waals surface area contributed by atoms with Crippen molar-refractivity contribution >= 4 is 39.0 Å². The highest BCUT2D eigenvalue weighted by molar-refractivity contribution is 7.89. The van der Waals surface area contributed by atoms with Gasteiger partial charge in [0.05, 0.1) is 28.4 Å². The monoisotopic (exact) mass is 479 g/mol. The molecule has 0 saturated carbocycles. The summed E-state index contributed by atoms with van der Waals surface area (Å²) in [5.41, 5.74) is 1.02. The lowest BCUT2D eigenvalue weighted by Crippen LogP contribution is -2.26. The van der Waals surface area contributed by atoms with Crippen molar-refractivity contribution in [1.29, 1.82) is 0 Å². The summed E-state index contributed by atoms with van der Waals surface area (Å²) in [7, 11) is -1.70. The molecule has 2 aromatic carbocycles. The fourth-order valence-electron chi connectivity index (χ4n) is 2.77. The first-order valence-corrected chi connectivity index (χ1v) is 10.8. The van der Waals surface area contributed by atoms with Gasteiger partial charge in [-0.15, -0.1) is 0 Å². The molecule has 0 aliphatic carbocycles. The lowest BCUT2D eigenvalue weighted by molar-refractivity contribution is -0.384. The first kappa shape index (κ1) is 23.3. The number of halogens is 1. The Morgan fingerprint density at radius 1 is 1.22 bits per heavy atom. The molecule has 0 spiro atoms. The Balaban J connectivity index is 1.94. The zero-order valence-corrected chi connectivity index (χ0v) is 18.7. The van der Waals surface area contributed by atoms with Gasteiger partial charge in [0, 0.05) is 30.8 Å². The van der Waals surface area contributed by atoms with Crippen LogP contribution >= 0.6 is 11.6 Å². The molecule has 1 aromatic heterocycles. The number of benzene rings is 2. The van der Waals surface area contributed by atoms with E-state index in [9.17, 15) is 23.3 Å². The van der Waals surface area contributed by atoms with Crippen LogP contribution in [0.3, 0.4) is 0 Å². The van der Waals surface area contributed by atoms with E-state index >= 15 is 0 Å². The first-order chi connectivity index (χ1) is 15.0. The molecule has 1 N–H and O–H groups in total. The van der Waals surface area contributed by atoms with Crippen molar-refractivity contribution in [3.05, 3.63) is 74.9 Å². The number of nitro benzene ring substituents is 1. The molecule has 0 aliphatic rings. The number of hydrogen-bond donors (Lipinski definition) is 1. The predicted octanol–water partition coefficient (Wildman–Crippen LogP) is 3.18. The summed E-state index contributed by atoms with van der Waals surface area (Å²) in [5.74, 6) is -0.323. The summed E-state index contributed by atoms with van der Waals surface area (Å²) in [5, 5.41) is 17.8. The van der Waals surface area contributed by atoms with Crippen LogP contribution in [0.25, 0.3) is 5.69 Å². The smallest absolute Gasteiger partial charge is 0.269 e. The molecular weight excluding hydrogens is 462 g/mol. The number of carbonyl (C=O) groups is 1. The Morgan fingerprint density at radius 3 is 2.47 bits per heavy atom. The minimum atomic E-state index is -4.08. The van der Waals surface area contributed by atoms with Crippen molar-refractivity contribution in [3.63, 3.8) is 0 Å². The Labute approximate surface area is 188 Å². The number of nitrogens with zero attached hydrogens (tertiary/aromatic N) is 4. The summed E-state index contributed by atoms with van der Waals surface area (Å²) in [4.78, 5) is 27.7. The maximum absolute atomic E-state index is 12.9. The van der Waals surface area contributed by atoms with Gasteiger partial charge in [-0.2, -0.15) is 5.10 Å². The molecule has 32 heavy (non-hydrogen) atoms. The lowest BCUT2D eigenvalue weighted by atomic mass is 10.2. The molecule has 0 atom stereocenters. The summed E-state index contributed by atoms with van der Waals surface area (Å²) in [6, 6.07) is 11.0. The van der Waals surface area contributed by atoms with Gasteiger partial charge in [-0.05, 0) is 37.3 Å². The molecule has 3 aromatic rings. The maximum atomic E-state index is 12.9. The minimum absolute atomic E-state index is 0.0339. The van der Waals surface area contributed by atoms with Gasteiger partial charge in [0.25, 0.3) is 21.6 Å². The number of anilines is 1. The molecule has 168 valence electrons. The van der Waals surface area contributed by atoms with Gasteiger partial charge in [-0.3, -0.25) is 19.7 Å². The van der Waals surface area contributed by atoms with Crippen molar-refractivity contribution < 1.29 is 23.0 Å². The Kier molecular flexibility index (Phi) is 6.60. The average molecular weight is 480 g/mol. The molecular formula is C19H18ClN5O6S. The second-order valence-corrected chi connectivity index (χ2v) is 8.86. The minimum Gasteiger partial charge on any atom is -0.306 e. The van der Waals surface area contributed by atoms with Crippen LogP contribution in [0.5, 0.6) is 0 Å². The Bertz CT molecular complexity index is 1290. The second kappa shape index (κ2) is 9.04. The SMILES string of the molecule is CON(C)S(=O)(=O)c1cc(C(=O)Nc2cc(C)nn2-c2ccc([N+](=O)[O-])cc2)ccc1Cl. The highest BCUT2D eigenvalue weighted by atomic mass is 35.5. The molecule has 13 heteroatoms. The second-order valence-electron chi connectivity index (χ2n) is 6.55. The zero-order chi connectivity index (χ0) is 23.6. The summed E-state index contributed by atoms with van der Waals surface area (Å²) in [6.45, 7) is 1.71. The standard InChI is InChI=1S/C19H18ClN5O6S/c1-12-10-18(24(22-12)14-5-7-15(8-6-14)25(27)28)21-19(26)13-4-9-16(20)17(11-13)32(29,30)23(2)31-3/h4-11H,1-3H3,(H,21,26). The van der Waals surface area contributed by atoms with Crippen molar-refractivity contribution in [2.24, 2.45) is 0 Å². The van der Waals surface area contributed by atoms with Crippen molar-refractivity contribution in [1.82, 2.24) is 14.2 Å². The van der Waals surface area contributed by atoms with Crippen LogP contribution in [0.1, 0.15) is 16.1 Å². The number of nitrogens with one attached hydrogen (secondary N) is 1. The van der Waals surface area contributed by atoms with Gasteiger partial charge in [-0.25, -0.2) is 13.1 Å². The van der Waals surface area contributed by atoms with Crippen LogP contribution < -0.4 is 5.32 Å². The average Bonchev–Trinajstić information content (AvgIpc) is 3.13. The van der Waals surface area contributed by atoms with Crippen molar-refractivity contribution in [2.45, 2.75) is 11.8 Å². The molecule has 3 rings (SSSR count). The van der Waals surface area contributed by atoms with E-state index in [-0.39, 0.29) is 27.0 Å². The third-order valence-electron chi connectivity index (χ3n) is 4.45. The number of non-ortho nitro benzene ring substituents is 1. The van der Waals surface area contributed by atoms with Gasteiger partial charge < -0.3 is 5.32 Å². The largest absolute Gasteiger partial charge is 0.306 e. The Hall–Kier alpha value is -3.32. The third-order valence-corrected chi connectivity index (χ3v) is 6.61. The van der Waals surface area contributed by atoms with Crippen LogP contribution in [0.15, 0.2) is 53.4 Å². The van der Waals surface area contributed by atoms with E-state index in [0.717, 1.165) is 6.07 Å². The van der Waals surface area contributed by atoms with Gasteiger partial charge in [0.15, 0.2) is 0 Å². The van der Waals surface area contributed by atoms with Crippen molar-refractivity contribution in [2.75, 3.05) is 19.5 Å². The lowest BCUT2D eigenvalue weighted by Gasteiger charge is -2.16.